The molecule has 0 aliphatic heterocycles. The number of rotatable bonds is 11. The summed E-state index contributed by atoms with van der Waals surface area (Å²) in [6.07, 6.45) is 0.829. The highest BCUT2D eigenvalue weighted by Gasteiger charge is 2.35. The van der Waals surface area contributed by atoms with Crippen molar-refractivity contribution in [3.63, 3.8) is 0 Å². The van der Waals surface area contributed by atoms with Crippen LogP contribution in [0.1, 0.15) is 44.6 Å². The number of aliphatic carboxylic acids is 1. The van der Waals surface area contributed by atoms with E-state index in [1.54, 1.807) is 31.2 Å². The fourth-order valence-electron chi connectivity index (χ4n) is 4.48. The summed E-state index contributed by atoms with van der Waals surface area (Å²) in [7, 11) is 4.01. The van der Waals surface area contributed by atoms with Crippen LogP contribution in [0.15, 0.2) is 54.6 Å². The maximum Gasteiger partial charge on any atom is 0.308 e. The molecule has 0 aliphatic carbocycles. The number of benzene rings is 2. The van der Waals surface area contributed by atoms with Gasteiger partial charge in [-0.2, -0.15) is 0 Å². The van der Waals surface area contributed by atoms with Gasteiger partial charge in [-0.3, -0.25) is 9.59 Å². The van der Waals surface area contributed by atoms with Crippen LogP contribution in [0.25, 0.3) is 22.4 Å². The van der Waals surface area contributed by atoms with Crippen LogP contribution in [0.5, 0.6) is 5.75 Å². The number of hydrogen-bond donors (Lipinski definition) is 2. The molecule has 0 saturated carbocycles. The standard InChI is InChI=1S/C31H37Cl2N3O4/c1-19(30(38)39)28(31(2,3)4)35-29(37)25-15-13-22(21-10-7-8-11-23(21)32)27(34-25)20-12-14-24(33)26(18-20)40-17-9-16-36(5)6/h7-8,10-15,18-19,28H,9,16-17H2,1-6H3,(H,35,37)(H,38,39)/t19?,28-/m0/s1. The molecule has 2 atom stereocenters. The minimum absolute atomic E-state index is 0.154. The van der Waals surface area contributed by atoms with Crippen molar-refractivity contribution in [2.24, 2.45) is 11.3 Å². The summed E-state index contributed by atoms with van der Waals surface area (Å²) in [5, 5.41) is 13.5. The van der Waals surface area contributed by atoms with Gasteiger partial charge in [0.1, 0.15) is 11.4 Å². The second kappa shape index (κ2) is 13.5. The molecule has 1 unspecified atom stereocenters. The second-order valence-electron chi connectivity index (χ2n) is 11.2. The van der Waals surface area contributed by atoms with E-state index in [1.807, 2.05) is 65.2 Å². The number of carboxylic acids is 1. The zero-order valence-corrected chi connectivity index (χ0v) is 25.3. The number of carbonyl (C=O) groups is 2. The van der Waals surface area contributed by atoms with Crippen molar-refractivity contribution in [3.05, 3.63) is 70.3 Å². The Kier molecular flexibility index (Phi) is 10.6. The van der Waals surface area contributed by atoms with E-state index < -0.39 is 29.3 Å². The summed E-state index contributed by atoms with van der Waals surface area (Å²) in [6, 6.07) is 15.6. The Morgan fingerprint density at radius 1 is 1.02 bits per heavy atom. The normalized spacial score (nSPS) is 13.1. The maximum absolute atomic E-state index is 13.4. The summed E-state index contributed by atoms with van der Waals surface area (Å²) in [5.74, 6) is -1.73. The van der Waals surface area contributed by atoms with Crippen LogP contribution in [0.3, 0.4) is 0 Å². The number of nitrogens with zero attached hydrogens (tertiary/aromatic N) is 2. The van der Waals surface area contributed by atoms with Crippen LogP contribution in [0.2, 0.25) is 10.0 Å². The largest absolute Gasteiger partial charge is 0.492 e. The SMILES string of the molecule is CC(C(=O)O)[C@H](NC(=O)c1ccc(-c2ccccc2Cl)c(-c2ccc(Cl)c(OCCCN(C)C)c2)n1)C(C)(C)C. The third kappa shape index (κ3) is 7.96. The van der Waals surface area contributed by atoms with Gasteiger partial charge in [-0.1, -0.05) is 68.2 Å². The molecular formula is C31H37Cl2N3O4. The number of halogens is 2. The molecule has 7 nitrogen and oxygen atoms in total. The number of carboxylic acid groups (broad SMARTS) is 1. The highest BCUT2D eigenvalue weighted by atomic mass is 35.5. The van der Waals surface area contributed by atoms with Gasteiger partial charge in [0.25, 0.3) is 5.91 Å². The molecule has 0 saturated heterocycles. The molecule has 0 bridgehead atoms. The topological polar surface area (TPSA) is 91.8 Å². The lowest BCUT2D eigenvalue weighted by molar-refractivity contribution is -0.143. The van der Waals surface area contributed by atoms with Crippen molar-refractivity contribution >= 4 is 35.1 Å². The molecule has 9 heteroatoms. The molecule has 0 radical (unpaired) electrons. The van der Waals surface area contributed by atoms with E-state index in [-0.39, 0.29) is 5.69 Å². The predicted molar refractivity (Wildman–Crippen MR) is 161 cm³/mol. The van der Waals surface area contributed by atoms with Crippen molar-refractivity contribution in [3.8, 4) is 28.1 Å². The summed E-state index contributed by atoms with van der Waals surface area (Å²) >= 11 is 13.0. The smallest absolute Gasteiger partial charge is 0.308 e. The van der Waals surface area contributed by atoms with Crippen molar-refractivity contribution in [2.75, 3.05) is 27.2 Å². The van der Waals surface area contributed by atoms with Gasteiger partial charge in [0.05, 0.1) is 23.2 Å². The van der Waals surface area contributed by atoms with Crippen molar-refractivity contribution in [2.45, 2.75) is 40.2 Å². The molecule has 3 aromatic rings. The van der Waals surface area contributed by atoms with Gasteiger partial charge >= 0.3 is 5.97 Å². The van der Waals surface area contributed by atoms with E-state index >= 15 is 0 Å². The van der Waals surface area contributed by atoms with Gasteiger partial charge in [0, 0.05) is 34.3 Å². The zero-order chi connectivity index (χ0) is 29.6. The van der Waals surface area contributed by atoms with Crippen LogP contribution in [-0.2, 0) is 4.79 Å². The summed E-state index contributed by atoms with van der Waals surface area (Å²) in [4.78, 5) is 32.0. The number of ether oxygens (including phenoxy) is 1. The molecule has 3 rings (SSSR count). The quantitative estimate of drug-likeness (QED) is 0.237. The fourth-order valence-corrected chi connectivity index (χ4v) is 4.89. The summed E-state index contributed by atoms with van der Waals surface area (Å²) in [5.41, 5.74) is 2.37. The number of amides is 1. The van der Waals surface area contributed by atoms with Crippen LogP contribution in [0.4, 0.5) is 0 Å². The molecule has 40 heavy (non-hydrogen) atoms. The first-order chi connectivity index (χ1) is 18.8. The Bertz CT molecular complexity index is 1350. The average Bonchev–Trinajstić information content (AvgIpc) is 2.89. The first-order valence-corrected chi connectivity index (χ1v) is 13.9. The number of aromatic nitrogens is 1. The highest BCUT2D eigenvalue weighted by molar-refractivity contribution is 6.33. The Morgan fingerprint density at radius 3 is 2.35 bits per heavy atom. The molecule has 0 fully saturated rings. The molecule has 0 spiro atoms. The van der Waals surface area contributed by atoms with E-state index in [2.05, 4.69) is 10.2 Å². The number of nitrogens with one attached hydrogen (secondary N) is 1. The molecule has 2 aromatic carbocycles. The lowest BCUT2D eigenvalue weighted by Crippen LogP contribution is -2.50. The molecule has 0 aliphatic rings. The lowest BCUT2D eigenvalue weighted by Gasteiger charge is -2.34. The van der Waals surface area contributed by atoms with Crippen LogP contribution in [-0.4, -0.2) is 60.2 Å². The molecule has 2 N–H and O–H groups in total. The number of pyridine rings is 1. The van der Waals surface area contributed by atoms with Crippen LogP contribution >= 0.6 is 23.2 Å². The fraction of sp³-hybridized carbons (Fsp3) is 0.387. The van der Waals surface area contributed by atoms with E-state index in [1.165, 1.54) is 0 Å². The van der Waals surface area contributed by atoms with Crippen molar-refractivity contribution in [1.82, 2.24) is 15.2 Å². The second-order valence-corrected chi connectivity index (χ2v) is 12.0. The van der Waals surface area contributed by atoms with Crippen molar-refractivity contribution < 1.29 is 19.4 Å². The third-order valence-corrected chi connectivity index (χ3v) is 7.25. The first kappa shape index (κ1) is 31.4. The lowest BCUT2D eigenvalue weighted by atomic mass is 9.79. The minimum Gasteiger partial charge on any atom is -0.492 e. The summed E-state index contributed by atoms with van der Waals surface area (Å²) in [6.45, 7) is 8.64. The number of hydrogen-bond acceptors (Lipinski definition) is 5. The Hall–Kier alpha value is -3.13. The van der Waals surface area contributed by atoms with Crippen molar-refractivity contribution in [1.29, 1.82) is 0 Å². The van der Waals surface area contributed by atoms with E-state index in [9.17, 15) is 14.7 Å². The predicted octanol–water partition coefficient (Wildman–Crippen LogP) is 6.92. The van der Waals surface area contributed by atoms with E-state index in [0.717, 1.165) is 24.1 Å². The Morgan fingerprint density at radius 2 is 1.73 bits per heavy atom. The van der Waals surface area contributed by atoms with Crippen LogP contribution in [0, 0.1) is 11.3 Å². The average molecular weight is 587 g/mol. The van der Waals surface area contributed by atoms with Crippen LogP contribution < -0.4 is 10.1 Å². The van der Waals surface area contributed by atoms with Gasteiger partial charge in [-0.05, 0) is 63.2 Å². The minimum atomic E-state index is -0.984. The Labute approximate surface area is 246 Å². The molecular weight excluding hydrogens is 549 g/mol. The van der Waals surface area contributed by atoms with E-state index in [4.69, 9.17) is 32.9 Å². The Balaban J connectivity index is 2.06. The van der Waals surface area contributed by atoms with Gasteiger partial charge < -0.3 is 20.1 Å². The van der Waals surface area contributed by atoms with Gasteiger partial charge in [0.15, 0.2) is 0 Å². The molecule has 1 aromatic heterocycles. The van der Waals surface area contributed by atoms with Gasteiger partial charge in [-0.25, -0.2) is 4.98 Å². The highest BCUT2D eigenvalue weighted by Crippen LogP contribution is 2.38. The summed E-state index contributed by atoms with van der Waals surface area (Å²) < 4.78 is 5.99. The zero-order valence-electron chi connectivity index (χ0n) is 23.8. The van der Waals surface area contributed by atoms with E-state index in [0.29, 0.717) is 33.7 Å². The third-order valence-electron chi connectivity index (χ3n) is 6.61. The maximum atomic E-state index is 13.4. The molecule has 1 heterocycles. The van der Waals surface area contributed by atoms with Gasteiger partial charge in [0.2, 0.25) is 0 Å². The molecule has 1 amide bonds. The monoisotopic (exact) mass is 585 g/mol. The molecule has 214 valence electrons. The first-order valence-electron chi connectivity index (χ1n) is 13.2. The number of carbonyl (C=O) groups excluding carboxylic acids is 1. The van der Waals surface area contributed by atoms with Gasteiger partial charge in [-0.15, -0.1) is 0 Å².